The predicted octanol–water partition coefficient (Wildman–Crippen LogP) is 1.43. The van der Waals surface area contributed by atoms with Crippen LogP contribution in [0.25, 0.3) is 0 Å². The molecule has 1 heterocycles. The van der Waals surface area contributed by atoms with Gasteiger partial charge in [0, 0.05) is 39.8 Å². The van der Waals surface area contributed by atoms with Crippen LogP contribution in [-0.4, -0.2) is 81.6 Å². The standard InChI is InChI=1S/C20H32N4O3/c1-6-24(7-2)11-10-21-19(25)13-16-14-27-18-9-8-15(20(26)22(3)4)12-17(18)23(16)5/h8-9,12,16H,6-7,10-11,13-14H2,1-5H3,(H,21,25)/t16-/m1/s1. The van der Waals surface area contributed by atoms with E-state index in [4.69, 9.17) is 4.74 Å². The number of ether oxygens (including phenoxy) is 1. The van der Waals surface area contributed by atoms with Gasteiger partial charge < -0.3 is 24.8 Å². The molecule has 0 saturated carbocycles. The molecule has 2 amide bonds. The number of nitrogens with one attached hydrogen (secondary N) is 1. The van der Waals surface area contributed by atoms with Gasteiger partial charge in [-0.2, -0.15) is 0 Å². The fourth-order valence-corrected chi connectivity index (χ4v) is 3.18. The fraction of sp³-hybridized carbons (Fsp3) is 0.600. The molecule has 1 aliphatic rings. The summed E-state index contributed by atoms with van der Waals surface area (Å²) in [6, 6.07) is 5.37. The lowest BCUT2D eigenvalue weighted by Crippen LogP contribution is -2.44. The van der Waals surface area contributed by atoms with Gasteiger partial charge in [-0.1, -0.05) is 13.8 Å². The maximum atomic E-state index is 12.3. The summed E-state index contributed by atoms with van der Waals surface area (Å²) in [5.74, 6) is 0.708. The number of hydrogen-bond acceptors (Lipinski definition) is 5. The van der Waals surface area contributed by atoms with Crippen LogP contribution in [0, 0.1) is 0 Å². The van der Waals surface area contributed by atoms with E-state index in [1.54, 1.807) is 25.1 Å². The van der Waals surface area contributed by atoms with Crippen LogP contribution in [0.4, 0.5) is 5.69 Å². The van der Waals surface area contributed by atoms with E-state index in [9.17, 15) is 9.59 Å². The number of nitrogens with zero attached hydrogens (tertiary/aromatic N) is 3. The van der Waals surface area contributed by atoms with Crippen molar-refractivity contribution in [1.29, 1.82) is 0 Å². The van der Waals surface area contributed by atoms with Crippen LogP contribution in [-0.2, 0) is 4.79 Å². The summed E-state index contributed by atoms with van der Waals surface area (Å²) in [5, 5.41) is 2.99. The van der Waals surface area contributed by atoms with Gasteiger partial charge in [-0.05, 0) is 31.3 Å². The number of carbonyl (C=O) groups is 2. The Labute approximate surface area is 162 Å². The molecule has 0 aromatic heterocycles. The smallest absolute Gasteiger partial charge is 0.253 e. The molecule has 27 heavy (non-hydrogen) atoms. The number of fused-ring (bicyclic) bond motifs is 1. The van der Waals surface area contributed by atoms with Gasteiger partial charge in [-0.3, -0.25) is 9.59 Å². The summed E-state index contributed by atoms with van der Waals surface area (Å²) in [5.41, 5.74) is 1.45. The lowest BCUT2D eigenvalue weighted by Gasteiger charge is -2.36. The molecule has 0 saturated heterocycles. The van der Waals surface area contributed by atoms with E-state index in [0.29, 0.717) is 25.1 Å². The molecular weight excluding hydrogens is 344 g/mol. The monoisotopic (exact) mass is 376 g/mol. The first kappa shape index (κ1) is 21.0. The molecule has 0 unspecified atom stereocenters. The van der Waals surface area contributed by atoms with Crippen molar-refractivity contribution in [2.24, 2.45) is 0 Å². The second kappa shape index (κ2) is 9.60. The Kier molecular flexibility index (Phi) is 7.47. The Balaban J connectivity index is 1.97. The van der Waals surface area contributed by atoms with Crippen LogP contribution < -0.4 is 15.0 Å². The Hall–Kier alpha value is -2.28. The van der Waals surface area contributed by atoms with Crippen molar-refractivity contribution in [2.75, 3.05) is 58.8 Å². The molecule has 1 aliphatic heterocycles. The molecule has 1 aromatic rings. The van der Waals surface area contributed by atoms with Crippen LogP contribution in [0.3, 0.4) is 0 Å². The van der Waals surface area contributed by atoms with Crippen LogP contribution in [0.5, 0.6) is 5.75 Å². The Morgan fingerprint density at radius 3 is 2.59 bits per heavy atom. The van der Waals surface area contributed by atoms with Gasteiger partial charge in [-0.15, -0.1) is 0 Å². The van der Waals surface area contributed by atoms with Crippen molar-refractivity contribution in [3.05, 3.63) is 23.8 Å². The number of benzene rings is 1. The van der Waals surface area contributed by atoms with E-state index >= 15 is 0 Å². The molecule has 0 fully saturated rings. The third-order valence-corrected chi connectivity index (χ3v) is 5.04. The molecule has 0 radical (unpaired) electrons. The molecule has 0 spiro atoms. The van der Waals surface area contributed by atoms with E-state index in [1.807, 2.05) is 24.1 Å². The Morgan fingerprint density at radius 1 is 1.26 bits per heavy atom. The van der Waals surface area contributed by atoms with Crippen LogP contribution in [0.1, 0.15) is 30.6 Å². The minimum absolute atomic E-state index is 0.0200. The van der Waals surface area contributed by atoms with E-state index in [1.165, 1.54) is 0 Å². The molecule has 7 nitrogen and oxygen atoms in total. The summed E-state index contributed by atoms with van der Waals surface area (Å²) in [6.07, 6.45) is 0.361. The molecule has 1 aromatic carbocycles. The highest BCUT2D eigenvalue weighted by molar-refractivity contribution is 5.95. The topological polar surface area (TPSA) is 65.1 Å². The summed E-state index contributed by atoms with van der Waals surface area (Å²) in [6.45, 7) is 8.16. The third kappa shape index (κ3) is 5.35. The number of carbonyl (C=O) groups excluding carboxylic acids is 2. The highest BCUT2D eigenvalue weighted by atomic mass is 16.5. The van der Waals surface area contributed by atoms with Gasteiger partial charge in [-0.25, -0.2) is 0 Å². The normalized spacial score (nSPS) is 15.9. The van der Waals surface area contributed by atoms with E-state index in [-0.39, 0.29) is 17.9 Å². The van der Waals surface area contributed by atoms with Gasteiger partial charge in [0.05, 0.1) is 18.2 Å². The van der Waals surface area contributed by atoms with Crippen LogP contribution in [0.15, 0.2) is 18.2 Å². The zero-order chi connectivity index (χ0) is 20.0. The molecule has 2 rings (SSSR count). The lowest BCUT2D eigenvalue weighted by molar-refractivity contribution is -0.121. The number of rotatable bonds is 8. The first-order valence-corrected chi connectivity index (χ1v) is 9.57. The second-order valence-electron chi connectivity index (χ2n) is 7.04. The van der Waals surface area contributed by atoms with E-state index in [0.717, 1.165) is 31.1 Å². The van der Waals surface area contributed by atoms with Crippen molar-refractivity contribution in [2.45, 2.75) is 26.3 Å². The second-order valence-corrected chi connectivity index (χ2v) is 7.04. The number of hydrogen-bond donors (Lipinski definition) is 1. The van der Waals surface area contributed by atoms with Crippen molar-refractivity contribution >= 4 is 17.5 Å². The molecule has 0 bridgehead atoms. The SMILES string of the molecule is CCN(CC)CCNC(=O)C[C@@H]1COc2ccc(C(=O)N(C)C)cc2N1C. The maximum absolute atomic E-state index is 12.3. The highest BCUT2D eigenvalue weighted by Gasteiger charge is 2.27. The van der Waals surface area contributed by atoms with Crippen molar-refractivity contribution in [1.82, 2.24) is 15.1 Å². The molecule has 1 atom stereocenters. The maximum Gasteiger partial charge on any atom is 0.253 e. The van der Waals surface area contributed by atoms with Crippen LogP contribution in [0.2, 0.25) is 0 Å². The first-order valence-electron chi connectivity index (χ1n) is 9.57. The quantitative estimate of drug-likeness (QED) is 0.744. The number of likely N-dealkylation sites (N-methyl/N-ethyl adjacent to an activating group) is 2. The van der Waals surface area contributed by atoms with E-state index in [2.05, 4.69) is 24.1 Å². The summed E-state index contributed by atoms with van der Waals surface area (Å²) in [7, 11) is 5.40. The Bertz CT molecular complexity index is 659. The van der Waals surface area contributed by atoms with Gasteiger partial charge in [0.1, 0.15) is 12.4 Å². The fourth-order valence-electron chi connectivity index (χ4n) is 3.18. The first-order chi connectivity index (χ1) is 12.9. The van der Waals surface area contributed by atoms with E-state index < -0.39 is 0 Å². The number of amides is 2. The zero-order valence-corrected chi connectivity index (χ0v) is 17.1. The molecule has 7 heteroatoms. The summed E-state index contributed by atoms with van der Waals surface area (Å²) in [4.78, 5) is 30.4. The molecule has 0 aliphatic carbocycles. The van der Waals surface area contributed by atoms with Crippen molar-refractivity contribution in [3.63, 3.8) is 0 Å². The van der Waals surface area contributed by atoms with Gasteiger partial charge >= 0.3 is 0 Å². The van der Waals surface area contributed by atoms with Gasteiger partial charge in [0.2, 0.25) is 5.91 Å². The average molecular weight is 377 g/mol. The van der Waals surface area contributed by atoms with Crippen molar-refractivity contribution < 1.29 is 14.3 Å². The van der Waals surface area contributed by atoms with Gasteiger partial charge in [0.25, 0.3) is 5.91 Å². The zero-order valence-electron chi connectivity index (χ0n) is 17.1. The third-order valence-electron chi connectivity index (χ3n) is 5.04. The summed E-state index contributed by atoms with van der Waals surface area (Å²) < 4.78 is 5.83. The lowest BCUT2D eigenvalue weighted by atomic mass is 10.1. The van der Waals surface area contributed by atoms with Crippen molar-refractivity contribution in [3.8, 4) is 5.75 Å². The number of anilines is 1. The Morgan fingerprint density at radius 2 is 1.96 bits per heavy atom. The minimum Gasteiger partial charge on any atom is -0.489 e. The summed E-state index contributed by atoms with van der Waals surface area (Å²) >= 11 is 0. The van der Waals surface area contributed by atoms with Gasteiger partial charge in [0.15, 0.2) is 0 Å². The highest BCUT2D eigenvalue weighted by Crippen LogP contribution is 2.34. The minimum atomic E-state index is -0.0596. The molecule has 1 N–H and O–H groups in total. The molecular formula is C20H32N4O3. The predicted molar refractivity (Wildman–Crippen MR) is 108 cm³/mol. The average Bonchev–Trinajstić information content (AvgIpc) is 2.66. The molecule has 150 valence electrons. The van der Waals surface area contributed by atoms with Crippen LogP contribution >= 0.6 is 0 Å². The largest absolute Gasteiger partial charge is 0.489 e.